The molecule has 0 aromatic carbocycles. The summed E-state index contributed by atoms with van der Waals surface area (Å²) in [4.78, 5) is 7.27. The van der Waals surface area contributed by atoms with Gasteiger partial charge in [-0.1, -0.05) is 6.42 Å². The third-order valence-corrected chi connectivity index (χ3v) is 6.67. The normalized spacial score (nSPS) is 18.2. The first-order valence-electron chi connectivity index (χ1n) is 10.1. The van der Waals surface area contributed by atoms with Gasteiger partial charge in [-0.2, -0.15) is 0 Å². The number of furan rings is 1. The summed E-state index contributed by atoms with van der Waals surface area (Å²) in [5, 5.41) is 6.61. The second-order valence-corrected chi connectivity index (χ2v) is 10.3. The van der Waals surface area contributed by atoms with Crippen LogP contribution in [0.25, 0.3) is 0 Å². The van der Waals surface area contributed by atoms with Gasteiger partial charge in [0.05, 0.1) is 18.8 Å². The molecule has 1 aliphatic rings. The molecule has 1 aliphatic heterocycles. The molecule has 2 atom stereocenters. The highest BCUT2D eigenvalue weighted by Gasteiger charge is 2.24. The zero-order valence-electron chi connectivity index (χ0n) is 17.7. The van der Waals surface area contributed by atoms with Crippen LogP contribution in [0.2, 0.25) is 0 Å². The molecular formula is C20H37IN4O2S. The van der Waals surface area contributed by atoms with Crippen LogP contribution in [0.4, 0.5) is 0 Å². The van der Waals surface area contributed by atoms with E-state index in [1.54, 1.807) is 6.26 Å². The summed E-state index contributed by atoms with van der Waals surface area (Å²) in [7, 11) is -0.867. The summed E-state index contributed by atoms with van der Waals surface area (Å²) < 4.78 is 17.7. The zero-order valence-corrected chi connectivity index (χ0v) is 20.8. The van der Waals surface area contributed by atoms with Crippen molar-refractivity contribution in [1.82, 2.24) is 15.5 Å². The maximum Gasteiger partial charge on any atom is 0.191 e. The first-order valence-corrected chi connectivity index (χ1v) is 11.4. The molecule has 1 fully saturated rings. The predicted octanol–water partition coefficient (Wildman–Crippen LogP) is 3.53. The lowest BCUT2D eigenvalue weighted by Gasteiger charge is -2.32. The molecule has 0 radical (unpaired) electrons. The van der Waals surface area contributed by atoms with E-state index in [1.165, 1.54) is 19.3 Å². The molecule has 0 saturated carbocycles. The summed E-state index contributed by atoms with van der Waals surface area (Å²) in [5.74, 6) is 2.36. The third kappa shape index (κ3) is 8.41. The summed E-state index contributed by atoms with van der Waals surface area (Å²) in [6.45, 7) is 12.3. The summed E-state index contributed by atoms with van der Waals surface area (Å²) in [6.07, 6.45) is 5.51. The molecule has 2 unspecified atom stereocenters. The lowest BCUT2D eigenvalue weighted by molar-refractivity contribution is 0.150. The number of nitrogens with one attached hydrogen (secondary N) is 2. The number of piperidine rings is 1. The minimum Gasteiger partial charge on any atom is -0.468 e. The average Bonchev–Trinajstić information content (AvgIpc) is 3.16. The predicted molar refractivity (Wildman–Crippen MR) is 129 cm³/mol. The SMILES string of the molecule is CCNC(=NCC(c1ccco1)N1CCCCC1)NCCS(=O)C(C)(C)C.I. The van der Waals surface area contributed by atoms with Gasteiger partial charge in [0.15, 0.2) is 5.96 Å². The molecule has 0 bridgehead atoms. The number of nitrogens with zero attached hydrogens (tertiary/aromatic N) is 2. The quantitative estimate of drug-likeness (QED) is 0.310. The molecule has 6 nitrogen and oxygen atoms in total. The van der Waals surface area contributed by atoms with Gasteiger partial charge in [0, 0.05) is 34.4 Å². The standard InChI is InChI=1S/C20H36N4O2S.HI/c1-5-21-19(22-11-15-27(25)20(2,3)4)23-16-17(18-10-9-14-26-18)24-12-7-6-8-13-24;/h9-10,14,17H,5-8,11-13,15-16H2,1-4H3,(H2,21,22,23);1H. The summed E-state index contributed by atoms with van der Waals surface area (Å²) in [5.41, 5.74) is 0. The van der Waals surface area contributed by atoms with Crippen LogP contribution in [0.3, 0.4) is 0 Å². The van der Waals surface area contributed by atoms with E-state index < -0.39 is 10.8 Å². The monoisotopic (exact) mass is 524 g/mol. The molecule has 0 amide bonds. The van der Waals surface area contributed by atoms with Gasteiger partial charge in [-0.05, 0) is 65.8 Å². The van der Waals surface area contributed by atoms with Gasteiger partial charge >= 0.3 is 0 Å². The maximum atomic E-state index is 12.2. The van der Waals surface area contributed by atoms with Crippen molar-refractivity contribution in [2.45, 2.75) is 57.7 Å². The van der Waals surface area contributed by atoms with E-state index in [2.05, 4.69) is 22.5 Å². The molecule has 8 heteroatoms. The number of aliphatic imine (C=N–C) groups is 1. The number of hydrogen-bond acceptors (Lipinski definition) is 4. The number of likely N-dealkylation sites (tertiary alicyclic amines) is 1. The third-order valence-electron chi connectivity index (χ3n) is 4.73. The topological polar surface area (TPSA) is 69.9 Å². The Morgan fingerprint density at radius 3 is 2.57 bits per heavy atom. The largest absolute Gasteiger partial charge is 0.468 e. The van der Waals surface area contributed by atoms with Crippen LogP contribution < -0.4 is 10.6 Å². The van der Waals surface area contributed by atoms with Gasteiger partial charge in [0.25, 0.3) is 0 Å². The van der Waals surface area contributed by atoms with Crippen molar-refractivity contribution in [3.63, 3.8) is 0 Å². The van der Waals surface area contributed by atoms with E-state index in [0.29, 0.717) is 18.8 Å². The van der Waals surface area contributed by atoms with E-state index in [9.17, 15) is 4.21 Å². The van der Waals surface area contributed by atoms with Crippen LogP contribution in [0.1, 0.15) is 58.8 Å². The van der Waals surface area contributed by atoms with Gasteiger partial charge in [-0.25, -0.2) is 0 Å². The van der Waals surface area contributed by atoms with E-state index in [4.69, 9.17) is 9.41 Å². The molecule has 0 spiro atoms. The Morgan fingerprint density at radius 1 is 1.29 bits per heavy atom. The second kappa shape index (κ2) is 12.8. The highest BCUT2D eigenvalue weighted by Crippen LogP contribution is 2.25. The minimum absolute atomic E-state index is 0. The van der Waals surface area contributed by atoms with Crippen LogP contribution >= 0.6 is 24.0 Å². The van der Waals surface area contributed by atoms with Crippen LogP contribution in [-0.2, 0) is 10.8 Å². The smallest absolute Gasteiger partial charge is 0.191 e. The molecule has 2 N–H and O–H groups in total. The van der Waals surface area contributed by atoms with Crippen LogP contribution in [0, 0.1) is 0 Å². The molecule has 1 aromatic heterocycles. The van der Waals surface area contributed by atoms with Gasteiger partial charge in [-0.15, -0.1) is 24.0 Å². The lowest BCUT2D eigenvalue weighted by Crippen LogP contribution is -2.41. The Morgan fingerprint density at radius 2 is 2.00 bits per heavy atom. The van der Waals surface area contributed by atoms with Crippen LogP contribution in [0.5, 0.6) is 0 Å². The number of guanidine groups is 1. The van der Waals surface area contributed by atoms with Gasteiger partial charge in [-0.3, -0.25) is 14.1 Å². The molecule has 162 valence electrons. The fourth-order valence-corrected chi connectivity index (χ4v) is 4.08. The van der Waals surface area contributed by atoms with E-state index in [1.807, 2.05) is 32.9 Å². The molecule has 2 rings (SSSR count). The fraction of sp³-hybridized carbons (Fsp3) is 0.750. The number of halogens is 1. The zero-order chi connectivity index (χ0) is 19.7. The minimum atomic E-state index is -0.867. The van der Waals surface area contributed by atoms with Crippen molar-refractivity contribution < 1.29 is 8.63 Å². The Balaban J connectivity index is 0.00000392. The second-order valence-electron chi connectivity index (χ2n) is 7.94. The van der Waals surface area contributed by atoms with E-state index >= 15 is 0 Å². The Bertz CT molecular complexity index is 596. The molecule has 1 aromatic rings. The highest BCUT2D eigenvalue weighted by molar-refractivity contribution is 14.0. The van der Waals surface area contributed by atoms with Crippen molar-refractivity contribution >= 4 is 40.7 Å². The van der Waals surface area contributed by atoms with Crippen molar-refractivity contribution in [3.8, 4) is 0 Å². The van der Waals surface area contributed by atoms with E-state index in [-0.39, 0.29) is 34.8 Å². The van der Waals surface area contributed by atoms with Crippen molar-refractivity contribution in [2.24, 2.45) is 4.99 Å². The molecular weight excluding hydrogens is 487 g/mol. The first kappa shape index (κ1) is 25.4. The molecule has 1 saturated heterocycles. The Kier molecular flexibility index (Phi) is 11.7. The lowest BCUT2D eigenvalue weighted by atomic mass is 10.1. The van der Waals surface area contributed by atoms with E-state index in [0.717, 1.165) is 31.4 Å². The van der Waals surface area contributed by atoms with Gasteiger partial charge in [0.1, 0.15) is 5.76 Å². The maximum absolute atomic E-state index is 12.2. The van der Waals surface area contributed by atoms with Gasteiger partial charge in [0.2, 0.25) is 0 Å². The van der Waals surface area contributed by atoms with Crippen LogP contribution in [0.15, 0.2) is 27.8 Å². The van der Waals surface area contributed by atoms with Crippen LogP contribution in [-0.4, -0.2) is 58.3 Å². The highest BCUT2D eigenvalue weighted by atomic mass is 127. The fourth-order valence-electron chi connectivity index (χ4n) is 3.18. The van der Waals surface area contributed by atoms with Crippen molar-refractivity contribution in [3.05, 3.63) is 24.2 Å². The average molecular weight is 525 g/mol. The Labute approximate surface area is 189 Å². The van der Waals surface area contributed by atoms with Crippen molar-refractivity contribution in [2.75, 3.05) is 38.5 Å². The molecule has 0 aliphatic carbocycles. The number of rotatable bonds is 8. The summed E-state index contributed by atoms with van der Waals surface area (Å²) in [6, 6.07) is 4.16. The molecule has 2 heterocycles. The first-order chi connectivity index (χ1) is 12.9. The number of hydrogen-bond donors (Lipinski definition) is 2. The van der Waals surface area contributed by atoms with Gasteiger partial charge < -0.3 is 15.1 Å². The molecule has 28 heavy (non-hydrogen) atoms. The summed E-state index contributed by atoms with van der Waals surface area (Å²) >= 11 is 0. The Hall–Kier alpha value is -0.610. The van der Waals surface area contributed by atoms with Crippen molar-refractivity contribution in [1.29, 1.82) is 0 Å².